The summed E-state index contributed by atoms with van der Waals surface area (Å²) in [6.07, 6.45) is 3.92. The lowest BCUT2D eigenvalue weighted by Gasteiger charge is -2.30. The molecule has 6 heteroatoms. The number of alkyl halides is 2. The zero-order chi connectivity index (χ0) is 15.2. The summed E-state index contributed by atoms with van der Waals surface area (Å²) in [4.78, 5) is 26.1. The van der Waals surface area contributed by atoms with Gasteiger partial charge in [0.1, 0.15) is 0 Å². The van der Waals surface area contributed by atoms with Gasteiger partial charge in [0, 0.05) is 22.4 Å². The van der Waals surface area contributed by atoms with E-state index in [-0.39, 0.29) is 11.0 Å². The van der Waals surface area contributed by atoms with E-state index in [0.29, 0.717) is 17.5 Å². The van der Waals surface area contributed by atoms with Gasteiger partial charge in [0.15, 0.2) is 0 Å². The Bertz CT molecular complexity index is 509. The van der Waals surface area contributed by atoms with Crippen LogP contribution in [0.4, 0.5) is 0 Å². The van der Waals surface area contributed by atoms with Crippen LogP contribution in [0.25, 0.3) is 0 Å². The number of nitrogens with one attached hydrogen (secondary N) is 1. The Kier molecular flexibility index (Phi) is 6.95. The Labute approximate surface area is 135 Å². The van der Waals surface area contributed by atoms with Crippen LogP contribution in [0.5, 0.6) is 0 Å². The molecular weight excluding hydrogens is 390 g/mol. The Morgan fingerprint density at radius 3 is 2.65 bits per heavy atom. The maximum atomic E-state index is 12.0. The third kappa shape index (κ3) is 4.19. The van der Waals surface area contributed by atoms with Gasteiger partial charge in [0.05, 0.1) is 12.7 Å². The van der Waals surface area contributed by atoms with Gasteiger partial charge in [-0.3, -0.25) is 4.79 Å². The number of esters is 1. The van der Waals surface area contributed by atoms with Crippen molar-refractivity contribution < 1.29 is 9.53 Å². The fourth-order valence-electron chi connectivity index (χ4n) is 2.10. The number of H-pyrrole nitrogens is 1. The van der Waals surface area contributed by atoms with Crippen molar-refractivity contribution >= 4 is 37.8 Å². The predicted molar refractivity (Wildman–Crippen MR) is 87.0 cm³/mol. The first-order valence-corrected chi connectivity index (χ1v) is 8.68. The van der Waals surface area contributed by atoms with Crippen molar-refractivity contribution in [1.82, 2.24) is 4.98 Å². The highest BCUT2D eigenvalue weighted by atomic mass is 79.9. The number of rotatable bonds is 7. The molecule has 4 nitrogen and oxygen atoms in total. The molecule has 1 heterocycles. The lowest BCUT2D eigenvalue weighted by atomic mass is 9.79. The number of halogens is 2. The quantitative estimate of drug-likeness (QED) is 0.556. The van der Waals surface area contributed by atoms with E-state index >= 15 is 0 Å². The molecule has 1 atom stereocenters. The maximum absolute atomic E-state index is 12.0. The van der Waals surface area contributed by atoms with Crippen molar-refractivity contribution in [3.05, 3.63) is 33.7 Å². The third-order valence-electron chi connectivity index (χ3n) is 3.62. The van der Waals surface area contributed by atoms with Crippen LogP contribution in [0, 0.1) is 5.41 Å². The molecule has 0 fully saturated rings. The molecule has 0 saturated heterocycles. The van der Waals surface area contributed by atoms with Crippen molar-refractivity contribution in [2.75, 3.05) is 17.8 Å². The second-order valence-electron chi connectivity index (χ2n) is 4.84. The standard InChI is InChI=1S/C14H19Br2NO3/c1-3-14(9-16,4-5-15)7-10-6-11(13(19)20-2)8-17-12(10)18/h6,8H,3-5,7,9H2,1-2H3,(H,17,18). The van der Waals surface area contributed by atoms with E-state index in [1.165, 1.54) is 13.3 Å². The summed E-state index contributed by atoms with van der Waals surface area (Å²) < 4.78 is 4.68. The summed E-state index contributed by atoms with van der Waals surface area (Å²) in [5.41, 5.74) is 0.854. The molecule has 0 radical (unpaired) electrons. The predicted octanol–water partition coefficient (Wildman–Crippen LogP) is 3.28. The summed E-state index contributed by atoms with van der Waals surface area (Å²) in [5.74, 6) is -0.441. The third-order valence-corrected chi connectivity index (χ3v) is 5.21. The van der Waals surface area contributed by atoms with Gasteiger partial charge in [-0.05, 0) is 30.7 Å². The molecular formula is C14H19Br2NO3. The fourth-order valence-corrected chi connectivity index (χ4v) is 3.82. The van der Waals surface area contributed by atoms with Crippen molar-refractivity contribution in [3.8, 4) is 0 Å². The van der Waals surface area contributed by atoms with Crippen molar-refractivity contribution in [1.29, 1.82) is 0 Å². The number of ether oxygens (including phenoxy) is 1. The largest absolute Gasteiger partial charge is 0.465 e. The maximum Gasteiger partial charge on any atom is 0.339 e. The number of pyridine rings is 1. The minimum Gasteiger partial charge on any atom is -0.465 e. The van der Waals surface area contributed by atoms with Crippen LogP contribution in [0.3, 0.4) is 0 Å². The molecule has 0 amide bonds. The van der Waals surface area contributed by atoms with E-state index < -0.39 is 5.97 Å². The second-order valence-corrected chi connectivity index (χ2v) is 6.19. The number of hydrogen-bond acceptors (Lipinski definition) is 3. The van der Waals surface area contributed by atoms with E-state index in [2.05, 4.69) is 48.5 Å². The normalized spacial score (nSPS) is 13.8. The zero-order valence-corrected chi connectivity index (χ0v) is 14.8. The molecule has 0 aliphatic heterocycles. The van der Waals surface area contributed by atoms with E-state index in [1.54, 1.807) is 6.07 Å². The molecule has 1 N–H and O–H groups in total. The van der Waals surface area contributed by atoms with Crippen LogP contribution in [-0.2, 0) is 11.2 Å². The molecule has 1 rings (SSSR count). The van der Waals surface area contributed by atoms with Crippen LogP contribution in [-0.4, -0.2) is 28.7 Å². The van der Waals surface area contributed by atoms with Gasteiger partial charge >= 0.3 is 5.97 Å². The van der Waals surface area contributed by atoms with Crippen LogP contribution in [0.15, 0.2) is 17.1 Å². The number of carbonyl (C=O) groups excluding carboxylic acids is 1. The molecule has 0 bridgehead atoms. The zero-order valence-electron chi connectivity index (χ0n) is 11.7. The van der Waals surface area contributed by atoms with E-state index in [9.17, 15) is 9.59 Å². The van der Waals surface area contributed by atoms with Crippen LogP contribution in [0.1, 0.15) is 35.7 Å². The van der Waals surface area contributed by atoms with Crippen LogP contribution in [0.2, 0.25) is 0 Å². The smallest absolute Gasteiger partial charge is 0.339 e. The van der Waals surface area contributed by atoms with Gasteiger partial charge in [-0.2, -0.15) is 0 Å². The Morgan fingerprint density at radius 2 is 2.15 bits per heavy atom. The van der Waals surface area contributed by atoms with Gasteiger partial charge < -0.3 is 9.72 Å². The molecule has 20 heavy (non-hydrogen) atoms. The highest BCUT2D eigenvalue weighted by Crippen LogP contribution is 2.33. The molecule has 1 unspecified atom stereocenters. The molecule has 0 saturated carbocycles. The van der Waals surface area contributed by atoms with Crippen molar-refractivity contribution in [2.24, 2.45) is 5.41 Å². The number of carbonyl (C=O) groups is 1. The molecule has 1 aromatic rings. The number of aromatic nitrogens is 1. The summed E-state index contributed by atoms with van der Waals surface area (Å²) in [6.45, 7) is 2.11. The number of methoxy groups -OCH3 is 1. The molecule has 1 aromatic heterocycles. The molecule has 0 aromatic carbocycles. The topological polar surface area (TPSA) is 59.2 Å². The van der Waals surface area contributed by atoms with Crippen LogP contribution >= 0.6 is 31.9 Å². The minimum atomic E-state index is -0.441. The van der Waals surface area contributed by atoms with Gasteiger partial charge in [-0.15, -0.1) is 0 Å². The van der Waals surface area contributed by atoms with E-state index in [0.717, 1.165) is 23.5 Å². The molecule has 0 spiro atoms. The number of hydrogen-bond donors (Lipinski definition) is 1. The average Bonchev–Trinajstić information content (AvgIpc) is 2.48. The lowest BCUT2D eigenvalue weighted by molar-refractivity contribution is 0.0600. The van der Waals surface area contributed by atoms with Crippen molar-refractivity contribution in [3.63, 3.8) is 0 Å². The lowest BCUT2D eigenvalue weighted by Crippen LogP contribution is -2.29. The van der Waals surface area contributed by atoms with Gasteiger partial charge in [0.25, 0.3) is 5.56 Å². The van der Waals surface area contributed by atoms with E-state index in [4.69, 9.17) is 0 Å². The molecule has 0 aliphatic carbocycles. The summed E-state index contributed by atoms with van der Waals surface area (Å²) >= 11 is 7.02. The SMILES string of the molecule is CCC(CBr)(CCBr)Cc1cc(C(=O)OC)c[nH]c1=O. The monoisotopic (exact) mass is 407 g/mol. The summed E-state index contributed by atoms with van der Waals surface area (Å²) in [5, 5.41) is 1.69. The fraction of sp³-hybridized carbons (Fsp3) is 0.571. The number of aromatic amines is 1. The Morgan fingerprint density at radius 1 is 1.45 bits per heavy atom. The molecule has 0 aliphatic rings. The second kappa shape index (κ2) is 7.98. The Balaban J connectivity index is 3.12. The highest BCUT2D eigenvalue weighted by Gasteiger charge is 2.28. The first kappa shape index (κ1) is 17.4. The first-order chi connectivity index (χ1) is 9.51. The summed E-state index contributed by atoms with van der Waals surface area (Å²) in [7, 11) is 1.33. The highest BCUT2D eigenvalue weighted by molar-refractivity contribution is 9.09. The first-order valence-electron chi connectivity index (χ1n) is 6.43. The van der Waals surface area contributed by atoms with Gasteiger partial charge in [-0.25, -0.2) is 4.79 Å². The summed E-state index contributed by atoms with van der Waals surface area (Å²) in [6, 6.07) is 1.63. The Hall–Kier alpha value is -0.620. The van der Waals surface area contributed by atoms with Crippen LogP contribution < -0.4 is 5.56 Å². The van der Waals surface area contributed by atoms with Crippen molar-refractivity contribution in [2.45, 2.75) is 26.2 Å². The average molecular weight is 409 g/mol. The molecule has 112 valence electrons. The van der Waals surface area contributed by atoms with E-state index in [1.807, 2.05) is 0 Å². The van der Waals surface area contributed by atoms with Gasteiger partial charge in [0.2, 0.25) is 0 Å². The minimum absolute atomic E-state index is 0.00520. The van der Waals surface area contributed by atoms with Gasteiger partial charge in [-0.1, -0.05) is 38.8 Å².